The summed E-state index contributed by atoms with van der Waals surface area (Å²) in [4.78, 5) is 0. The Morgan fingerprint density at radius 1 is 1.18 bits per heavy atom. The first kappa shape index (κ1) is 10.9. The Hall–Kier alpha value is -0.120. The number of hydrogen-bond donors (Lipinski definition) is 0. The normalized spacial score (nSPS) is 12.4. The number of halogens is 1. The molecule has 68 valence electrons. The largest absolute Gasteiger partial charge is 0.305 e. The van der Waals surface area contributed by atoms with Crippen LogP contribution in [0.25, 0.3) is 0 Å². The van der Waals surface area contributed by atoms with E-state index < -0.39 is 15.5 Å². The van der Waals surface area contributed by atoms with Gasteiger partial charge in [0.25, 0.3) is 0 Å². The molecule has 0 bridgehead atoms. The van der Waals surface area contributed by atoms with Crippen LogP contribution in [0.2, 0.25) is 0 Å². The zero-order chi connectivity index (χ0) is 8.91. The quantitative estimate of drug-likeness (QED) is 0.611. The molecule has 0 aliphatic heterocycles. The molecule has 0 aromatic heterocycles. The van der Waals surface area contributed by atoms with Gasteiger partial charge in [0.15, 0.2) is 0 Å². The summed E-state index contributed by atoms with van der Waals surface area (Å²) >= 11 is 0. The minimum absolute atomic E-state index is 0.437. The molecule has 0 saturated carbocycles. The van der Waals surface area contributed by atoms with E-state index in [1.54, 1.807) is 0 Å². The van der Waals surface area contributed by atoms with Gasteiger partial charge in [0.05, 0.1) is 5.25 Å². The molecular formula is C7H15FO2S. The molecule has 0 amide bonds. The highest BCUT2D eigenvalue weighted by atomic mass is 32.3. The average Bonchev–Trinajstić information content (AvgIpc) is 1.85. The fourth-order valence-corrected chi connectivity index (χ4v) is 2.10. The SMILES string of the molecule is CCCC(CCC)S(=O)(=O)F. The first-order valence-corrected chi connectivity index (χ1v) is 5.40. The highest BCUT2D eigenvalue weighted by Gasteiger charge is 2.22. The molecule has 0 atom stereocenters. The summed E-state index contributed by atoms with van der Waals surface area (Å²) in [6, 6.07) is 0. The molecule has 0 aliphatic rings. The molecule has 11 heavy (non-hydrogen) atoms. The highest BCUT2D eigenvalue weighted by molar-refractivity contribution is 7.87. The van der Waals surface area contributed by atoms with Gasteiger partial charge in [-0.1, -0.05) is 26.7 Å². The molecule has 0 saturated heterocycles. The van der Waals surface area contributed by atoms with E-state index in [4.69, 9.17) is 0 Å². The monoisotopic (exact) mass is 182 g/mol. The Morgan fingerprint density at radius 2 is 1.55 bits per heavy atom. The smallest absolute Gasteiger partial charge is 0.195 e. The van der Waals surface area contributed by atoms with Gasteiger partial charge in [0.2, 0.25) is 0 Å². The van der Waals surface area contributed by atoms with E-state index in [1.165, 1.54) is 0 Å². The van der Waals surface area contributed by atoms with Crippen LogP contribution in [-0.2, 0) is 10.2 Å². The molecule has 0 aromatic rings. The summed E-state index contributed by atoms with van der Waals surface area (Å²) in [5.41, 5.74) is 0. The maximum absolute atomic E-state index is 12.4. The molecule has 0 rings (SSSR count). The minimum atomic E-state index is -4.29. The first-order valence-electron chi connectivity index (χ1n) is 3.95. The van der Waals surface area contributed by atoms with Crippen LogP contribution in [0.15, 0.2) is 0 Å². The maximum atomic E-state index is 12.4. The summed E-state index contributed by atoms with van der Waals surface area (Å²) in [5, 5.41) is -0.766. The lowest BCUT2D eigenvalue weighted by atomic mass is 10.2. The summed E-state index contributed by atoms with van der Waals surface area (Å²) < 4.78 is 33.3. The summed E-state index contributed by atoms with van der Waals surface area (Å²) in [6.07, 6.45) is 2.31. The van der Waals surface area contributed by atoms with Crippen molar-refractivity contribution in [3.63, 3.8) is 0 Å². The summed E-state index contributed by atoms with van der Waals surface area (Å²) in [5.74, 6) is 0. The highest BCUT2D eigenvalue weighted by Crippen LogP contribution is 2.15. The Morgan fingerprint density at radius 3 is 1.73 bits per heavy atom. The second-order valence-corrected chi connectivity index (χ2v) is 4.29. The molecule has 2 nitrogen and oxygen atoms in total. The van der Waals surface area contributed by atoms with E-state index >= 15 is 0 Å². The van der Waals surface area contributed by atoms with Gasteiger partial charge in [-0.2, -0.15) is 8.42 Å². The van der Waals surface area contributed by atoms with Gasteiger partial charge >= 0.3 is 10.2 Å². The third-order valence-corrected chi connectivity index (χ3v) is 2.89. The standard InChI is InChI=1S/C7H15FO2S/c1-3-5-7(6-4-2)11(8,9)10/h7H,3-6H2,1-2H3. The summed E-state index contributed by atoms with van der Waals surface area (Å²) in [7, 11) is -4.29. The number of rotatable bonds is 5. The lowest BCUT2D eigenvalue weighted by Crippen LogP contribution is -2.16. The van der Waals surface area contributed by atoms with Crippen molar-refractivity contribution >= 4 is 10.2 Å². The van der Waals surface area contributed by atoms with Gasteiger partial charge in [-0.15, -0.1) is 3.89 Å². The van der Waals surface area contributed by atoms with Crippen LogP contribution in [0.3, 0.4) is 0 Å². The van der Waals surface area contributed by atoms with Crippen LogP contribution in [-0.4, -0.2) is 13.7 Å². The van der Waals surface area contributed by atoms with E-state index in [2.05, 4.69) is 0 Å². The molecular weight excluding hydrogens is 167 g/mol. The third kappa shape index (κ3) is 4.35. The van der Waals surface area contributed by atoms with Crippen molar-refractivity contribution < 1.29 is 12.3 Å². The van der Waals surface area contributed by atoms with Gasteiger partial charge in [-0.3, -0.25) is 0 Å². The molecule has 0 aromatic carbocycles. The van der Waals surface area contributed by atoms with Crippen LogP contribution >= 0.6 is 0 Å². The Bertz CT molecular complexity index is 181. The molecule has 0 spiro atoms. The van der Waals surface area contributed by atoms with Gasteiger partial charge in [-0.25, -0.2) is 0 Å². The maximum Gasteiger partial charge on any atom is 0.305 e. The Labute approximate surface area is 68.0 Å². The van der Waals surface area contributed by atoms with E-state index in [9.17, 15) is 12.3 Å². The minimum Gasteiger partial charge on any atom is -0.195 e. The van der Waals surface area contributed by atoms with Crippen molar-refractivity contribution in [2.45, 2.75) is 44.8 Å². The molecule has 0 fully saturated rings. The Kier molecular flexibility index (Phi) is 4.65. The van der Waals surface area contributed by atoms with Crippen LogP contribution < -0.4 is 0 Å². The summed E-state index contributed by atoms with van der Waals surface area (Å²) in [6.45, 7) is 3.71. The van der Waals surface area contributed by atoms with Gasteiger partial charge < -0.3 is 0 Å². The third-order valence-electron chi connectivity index (χ3n) is 1.62. The van der Waals surface area contributed by atoms with E-state index in [0.29, 0.717) is 25.7 Å². The van der Waals surface area contributed by atoms with Crippen LogP contribution in [0, 0.1) is 0 Å². The van der Waals surface area contributed by atoms with Crippen LogP contribution in [0.1, 0.15) is 39.5 Å². The fraction of sp³-hybridized carbons (Fsp3) is 1.00. The van der Waals surface area contributed by atoms with Crippen molar-refractivity contribution in [1.82, 2.24) is 0 Å². The average molecular weight is 182 g/mol. The van der Waals surface area contributed by atoms with Crippen LogP contribution in [0.5, 0.6) is 0 Å². The van der Waals surface area contributed by atoms with E-state index in [0.717, 1.165) is 0 Å². The van der Waals surface area contributed by atoms with E-state index in [1.807, 2.05) is 13.8 Å². The molecule has 0 heterocycles. The fourth-order valence-electron chi connectivity index (χ4n) is 1.07. The number of hydrogen-bond acceptors (Lipinski definition) is 2. The van der Waals surface area contributed by atoms with Crippen molar-refractivity contribution in [3.8, 4) is 0 Å². The lowest BCUT2D eigenvalue weighted by Gasteiger charge is -2.08. The van der Waals surface area contributed by atoms with Gasteiger partial charge in [-0.05, 0) is 12.8 Å². The van der Waals surface area contributed by atoms with Gasteiger partial charge in [0.1, 0.15) is 0 Å². The van der Waals surface area contributed by atoms with Crippen LogP contribution in [0.4, 0.5) is 3.89 Å². The van der Waals surface area contributed by atoms with Crippen molar-refractivity contribution in [2.75, 3.05) is 0 Å². The molecule has 0 unspecified atom stereocenters. The zero-order valence-corrected chi connectivity index (χ0v) is 7.82. The molecule has 0 radical (unpaired) electrons. The Balaban J connectivity index is 4.11. The zero-order valence-electron chi connectivity index (χ0n) is 7.01. The lowest BCUT2D eigenvalue weighted by molar-refractivity contribution is 0.513. The van der Waals surface area contributed by atoms with Gasteiger partial charge in [0, 0.05) is 0 Å². The molecule has 0 N–H and O–H groups in total. The topological polar surface area (TPSA) is 34.1 Å². The first-order chi connectivity index (χ1) is 5.02. The van der Waals surface area contributed by atoms with E-state index in [-0.39, 0.29) is 0 Å². The molecule has 0 aliphatic carbocycles. The molecule has 4 heteroatoms. The predicted molar refractivity (Wildman–Crippen MR) is 43.6 cm³/mol. The van der Waals surface area contributed by atoms with Crippen molar-refractivity contribution in [1.29, 1.82) is 0 Å². The predicted octanol–water partition coefficient (Wildman–Crippen LogP) is 2.25. The second-order valence-electron chi connectivity index (χ2n) is 2.67. The van der Waals surface area contributed by atoms with Crippen molar-refractivity contribution in [3.05, 3.63) is 0 Å². The second kappa shape index (κ2) is 4.70. The van der Waals surface area contributed by atoms with Crippen molar-refractivity contribution in [2.24, 2.45) is 0 Å².